The number of esters is 2. The highest BCUT2D eigenvalue weighted by Crippen LogP contribution is 2.44. The molecule has 3 aromatic rings. The van der Waals surface area contributed by atoms with Gasteiger partial charge < -0.3 is 15.2 Å². The molecule has 3 aromatic carbocycles. The standard InChI is InChI=1S/C28H25N5O8S2/c1-40-27(34)24-23(17-8-4-3-5-9-17)20(16-29)26(30)33(25(24)28(35)41-2)21-10-6-7-11-22(21)43(38,39)32-18-12-14-19(15-13-18)42(31,36)37/h3-15,23,32H,30H2,1-2H3,(H2,31,36,37). The first-order chi connectivity index (χ1) is 20.3. The summed E-state index contributed by atoms with van der Waals surface area (Å²) in [5.41, 5.74) is 5.82. The van der Waals surface area contributed by atoms with Gasteiger partial charge in [0.2, 0.25) is 10.0 Å². The Labute approximate surface area is 247 Å². The van der Waals surface area contributed by atoms with E-state index in [9.17, 15) is 31.7 Å². The molecule has 0 radical (unpaired) electrons. The van der Waals surface area contributed by atoms with Crippen LogP contribution < -0.4 is 20.5 Å². The van der Waals surface area contributed by atoms with Gasteiger partial charge in [0.15, 0.2) is 0 Å². The fraction of sp³-hybridized carbons (Fsp3) is 0.107. The zero-order valence-corrected chi connectivity index (χ0v) is 24.3. The Hall–Kier alpha value is -5.17. The molecule has 1 aliphatic heterocycles. The highest BCUT2D eigenvalue weighted by Gasteiger charge is 2.44. The number of benzene rings is 3. The third-order valence-electron chi connectivity index (χ3n) is 6.44. The van der Waals surface area contributed by atoms with E-state index < -0.39 is 48.5 Å². The number of hydrogen-bond donors (Lipinski definition) is 3. The number of nitriles is 1. The van der Waals surface area contributed by atoms with Gasteiger partial charge in [-0.15, -0.1) is 0 Å². The molecule has 0 saturated heterocycles. The molecule has 0 fully saturated rings. The molecule has 1 unspecified atom stereocenters. The number of para-hydroxylation sites is 1. The van der Waals surface area contributed by atoms with Gasteiger partial charge in [-0.3, -0.25) is 9.62 Å². The van der Waals surface area contributed by atoms with Gasteiger partial charge in [-0.25, -0.2) is 31.6 Å². The van der Waals surface area contributed by atoms with Gasteiger partial charge in [-0.2, -0.15) is 5.26 Å². The van der Waals surface area contributed by atoms with Gasteiger partial charge in [-0.05, 0) is 42.0 Å². The van der Waals surface area contributed by atoms with E-state index in [4.69, 9.17) is 20.3 Å². The number of nitrogens with two attached hydrogens (primary N) is 2. The summed E-state index contributed by atoms with van der Waals surface area (Å²) in [6, 6.07) is 20.4. The number of nitrogens with zero attached hydrogens (tertiary/aromatic N) is 2. The topological polar surface area (TPSA) is 212 Å². The van der Waals surface area contributed by atoms with Crippen molar-refractivity contribution in [3.8, 4) is 6.07 Å². The number of primary sulfonamides is 1. The minimum atomic E-state index is -4.48. The third kappa shape index (κ3) is 5.93. The van der Waals surface area contributed by atoms with Crippen LogP contribution in [0, 0.1) is 11.3 Å². The van der Waals surface area contributed by atoms with Crippen LogP contribution in [0.25, 0.3) is 0 Å². The van der Waals surface area contributed by atoms with Gasteiger partial charge in [0.05, 0.1) is 47.9 Å². The SMILES string of the molecule is COC(=O)C1=C(C(=O)OC)N(c2ccccc2S(=O)(=O)Nc2ccc(S(N)(=O)=O)cc2)C(N)=C(C#N)C1c1ccccc1. The Balaban J connectivity index is 1.96. The number of carbonyl (C=O) groups is 2. The summed E-state index contributed by atoms with van der Waals surface area (Å²) in [5.74, 6) is -3.51. The Morgan fingerprint density at radius 2 is 1.47 bits per heavy atom. The van der Waals surface area contributed by atoms with Crippen LogP contribution in [0.5, 0.6) is 0 Å². The van der Waals surface area contributed by atoms with E-state index >= 15 is 0 Å². The normalized spacial score (nSPS) is 15.5. The van der Waals surface area contributed by atoms with Crippen molar-refractivity contribution in [2.45, 2.75) is 15.7 Å². The number of allylic oxidation sites excluding steroid dienone is 1. The first-order valence-corrected chi connectivity index (χ1v) is 15.3. The first-order valence-electron chi connectivity index (χ1n) is 12.3. The molecule has 5 N–H and O–H groups in total. The summed E-state index contributed by atoms with van der Waals surface area (Å²) in [4.78, 5) is 27.0. The molecule has 0 aromatic heterocycles. The molecule has 43 heavy (non-hydrogen) atoms. The Bertz CT molecular complexity index is 1920. The number of sulfonamides is 2. The van der Waals surface area contributed by atoms with E-state index in [0.29, 0.717) is 5.56 Å². The number of ether oxygens (including phenoxy) is 2. The third-order valence-corrected chi connectivity index (χ3v) is 8.80. The molecule has 13 nitrogen and oxygen atoms in total. The molecule has 1 heterocycles. The second-order valence-corrected chi connectivity index (χ2v) is 12.2. The lowest BCUT2D eigenvalue weighted by Gasteiger charge is -2.36. The van der Waals surface area contributed by atoms with E-state index in [2.05, 4.69) is 4.72 Å². The number of anilines is 2. The average Bonchev–Trinajstić information content (AvgIpc) is 2.99. The fourth-order valence-corrected chi connectivity index (χ4v) is 6.32. The maximum absolute atomic E-state index is 13.7. The minimum Gasteiger partial charge on any atom is -0.466 e. The molecule has 1 atom stereocenters. The van der Waals surface area contributed by atoms with E-state index in [1.165, 1.54) is 36.4 Å². The van der Waals surface area contributed by atoms with Gasteiger partial charge in [0, 0.05) is 5.69 Å². The Morgan fingerprint density at radius 3 is 2.02 bits per heavy atom. The predicted octanol–water partition coefficient (Wildman–Crippen LogP) is 2.03. The van der Waals surface area contributed by atoms with E-state index in [0.717, 1.165) is 31.3 Å². The molecule has 0 amide bonds. The number of carbonyl (C=O) groups excluding carboxylic acids is 2. The smallest absolute Gasteiger partial charge is 0.355 e. The number of rotatable bonds is 8. The summed E-state index contributed by atoms with van der Waals surface area (Å²) in [6.45, 7) is 0. The predicted molar refractivity (Wildman–Crippen MR) is 155 cm³/mol. The molecule has 0 bridgehead atoms. The van der Waals surface area contributed by atoms with Crippen LogP contribution in [-0.4, -0.2) is 43.0 Å². The van der Waals surface area contributed by atoms with Crippen molar-refractivity contribution < 1.29 is 35.9 Å². The quantitative estimate of drug-likeness (QED) is 0.309. The second-order valence-electron chi connectivity index (χ2n) is 8.98. The van der Waals surface area contributed by atoms with Gasteiger partial charge in [0.25, 0.3) is 10.0 Å². The first kappa shape index (κ1) is 30.8. The molecular formula is C28H25N5O8S2. The van der Waals surface area contributed by atoms with Crippen molar-refractivity contribution in [3.05, 3.63) is 107 Å². The van der Waals surface area contributed by atoms with Crippen molar-refractivity contribution in [2.75, 3.05) is 23.8 Å². The minimum absolute atomic E-state index is 0.00907. The van der Waals surface area contributed by atoms with Crippen LogP contribution >= 0.6 is 0 Å². The number of methoxy groups -OCH3 is 2. The van der Waals surface area contributed by atoms with Crippen molar-refractivity contribution >= 4 is 43.4 Å². The summed E-state index contributed by atoms with van der Waals surface area (Å²) in [7, 11) is -6.35. The zero-order valence-electron chi connectivity index (χ0n) is 22.7. The lowest BCUT2D eigenvalue weighted by molar-refractivity contribution is -0.139. The summed E-state index contributed by atoms with van der Waals surface area (Å²) in [5, 5.41) is 15.3. The van der Waals surface area contributed by atoms with Crippen LogP contribution in [0.2, 0.25) is 0 Å². The van der Waals surface area contributed by atoms with Crippen LogP contribution in [0.15, 0.2) is 111 Å². The molecule has 0 aliphatic carbocycles. The maximum Gasteiger partial charge on any atom is 0.355 e. The zero-order chi connectivity index (χ0) is 31.5. The summed E-state index contributed by atoms with van der Waals surface area (Å²) < 4.78 is 62.9. The number of nitrogens with one attached hydrogen (secondary N) is 1. The Kier molecular flexibility index (Phi) is 8.57. The van der Waals surface area contributed by atoms with Crippen LogP contribution in [0.3, 0.4) is 0 Å². The number of hydrogen-bond acceptors (Lipinski definition) is 11. The van der Waals surface area contributed by atoms with E-state index in [1.807, 2.05) is 6.07 Å². The van der Waals surface area contributed by atoms with Crippen LogP contribution in [-0.2, 0) is 39.1 Å². The summed E-state index contributed by atoms with van der Waals surface area (Å²) >= 11 is 0. The molecule has 222 valence electrons. The highest BCUT2D eigenvalue weighted by molar-refractivity contribution is 7.93. The molecule has 15 heteroatoms. The van der Waals surface area contributed by atoms with Crippen molar-refractivity contribution in [1.29, 1.82) is 5.26 Å². The lowest BCUT2D eigenvalue weighted by Crippen LogP contribution is -2.41. The maximum atomic E-state index is 13.7. The molecule has 4 rings (SSSR count). The van der Waals surface area contributed by atoms with Gasteiger partial charge in [0.1, 0.15) is 16.4 Å². The average molecular weight is 624 g/mol. The highest BCUT2D eigenvalue weighted by atomic mass is 32.2. The van der Waals surface area contributed by atoms with Crippen LogP contribution in [0.1, 0.15) is 11.5 Å². The van der Waals surface area contributed by atoms with E-state index in [1.54, 1.807) is 30.3 Å². The Morgan fingerprint density at radius 1 is 0.884 bits per heavy atom. The fourth-order valence-electron chi connectivity index (χ4n) is 4.56. The second kappa shape index (κ2) is 12.0. The molecule has 0 spiro atoms. The molecular weight excluding hydrogens is 598 g/mol. The van der Waals surface area contributed by atoms with Crippen molar-refractivity contribution in [2.24, 2.45) is 10.9 Å². The van der Waals surface area contributed by atoms with E-state index in [-0.39, 0.29) is 33.2 Å². The van der Waals surface area contributed by atoms with Gasteiger partial charge >= 0.3 is 11.9 Å². The van der Waals surface area contributed by atoms with Gasteiger partial charge in [-0.1, -0.05) is 42.5 Å². The lowest BCUT2D eigenvalue weighted by atomic mass is 9.81. The largest absolute Gasteiger partial charge is 0.466 e. The molecule has 0 saturated carbocycles. The summed E-state index contributed by atoms with van der Waals surface area (Å²) in [6.07, 6.45) is 0. The monoisotopic (exact) mass is 623 g/mol. The van der Waals surface area contributed by atoms with Crippen molar-refractivity contribution in [1.82, 2.24) is 0 Å². The van der Waals surface area contributed by atoms with Crippen LogP contribution in [0.4, 0.5) is 11.4 Å². The molecule has 1 aliphatic rings. The van der Waals surface area contributed by atoms with Crippen molar-refractivity contribution in [3.63, 3.8) is 0 Å².